The summed E-state index contributed by atoms with van der Waals surface area (Å²) in [5, 5.41) is 1.09. The van der Waals surface area contributed by atoms with Crippen LogP contribution < -0.4 is 5.69 Å². The molecule has 136 valence electrons. The fraction of sp³-hybridized carbons (Fsp3) is 0.286. The Morgan fingerprint density at radius 1 is 1.07 bits per heavy atom. The van der Waals surface area contributed by atoms with Gasteiger partial charge in [-0.15, -0.1) is 0 Å². The molecule has 1 aromatic carbocycles. The van der Waals surface area contributed by atoms with Gasteiger partial charge in [0.25, 0.3) is 0 Å². The molecule has 0 radical (unpaired) electrons. The maximum atomic E-state index is 12.5. The first kappa shape index (κ1) is 16.2. The minimum absolute atomic E-state index is 0.0993. The highest BCUT2D eigenvalue weighted by atomic mass is 16.5. The smallest absolute Gasteiger partial charge is 0.327 e. The van der Waals surface area contributed by atoms with Crippen molar-refractivity contribution in [3.8, 4) is 11.1 Å². The molecule has 4 heterocycles. The SMILES string of the molecule is O=c1[nH]c2ncc(-c3cnc4ccccc4c3)cc2n1CC1CCOCC1. The Balaban J connectivity index is 1.57. The molecule has 1 saturated heterocycles. The number of nitrogens with one attached hydrogen (secondary N) is 1. The van der Waals surface area contributed by atoms with Crippen molar-refractivity contribution < 1.29 is 4.74 Å². The molecule has 1 N–H and O–H groups in total. The fourth-order valence-electron chi connectivity index (χ4n) is 3.79. The Morgan fingerprint density at radius 2 is 1.85 bits per heavy atom. The Labute approximate surface area is 155 Å². The fourth-order valence-corrected chi connectivity index (χ4v) is 3.79. The van der Waals surface area contributed by atoms with Crippen LogP contribution in [0.2, 0.25) is 0 Å². The monoisotopic (exact) mass is 360 g/mol. The zero-order valence-electron chi connectivity index (χ0n) is 14.9. The molecule has 0 amide bonds. The molecule has 0 saturated carbocycles. The Kier molecular flexibility index (Phi) is 3.98. The molecular weight excluding hydrogens is 340 g/mol. The summed E-state index contributed by atoms with van der Waals surface area (Å²) in [6.07, 6.45) is 5.63. The van der Waals surface area contributed by atoms with E-state index in [0.29, 0.717) is 18.1 Å². The molecule has 6 nitrogen and oxygen atoms in total. The molecule has 0 spiro atoms. The van der Waals surface area contributed by atoms with Crippen LogP contribution in [-0.4, -0.2) is 32.7 Å². The summed E-state index contributed by atoms with van der Waals surface area (Å²) in [5.74, 6) is 0.460. The number of benzene rings is 1. The number of rotatable bonds is 3. The third-order valence-electron chi connectivity index (χ3n) is 5.33. The van der Waals surface area contributed by atoms with Crippen LogP contribution in [0.3, 0.4) is 0 Å². The maximum Gasteiger partial charge on any atom is 0.327 e. The van der Waals surface area contributed by atoms with Crippen LogP contribution in [0.5, 0.6) is 0 Å². The summed E-state index contributed by atoms with van der Waals surface area (Å²) in [6.45, 7) is 2.24. The van der Waals surface area contributed by atoms with Crippen LogP contribution in [0.15, 0.2) is 53.6 Å². The van der Waals surface area contributed by atoms with Gasteiger partial charge in [0.05, 0.1) is 11.0 Å². The van der Waals surface area contributed by atoms with E-state index in [9.17, 15) is 4.79 Å². The van der Waals surface area contributed by atoms with Gasteiger partial charge in [-0.25, -0.2) is 9.78 Å². The molecule has 0 bridgehead atoms. The lowest BCUT2D eigenvalue weighted by Crippen LogP contribution is -2.25. The predicted molar refractivity (Wildman–Crippen MR) is 105 cm³/mol. The first-order valence-corrected chi connectivity index (χ1v) is 9.29. The van der Waals surface area contributed by atoms with E-state index in [1.807, 2.05) is 35.0 Å². The van der Waals surface area contributed by atoms with Gasteiger partial charge in [0.1, 0.15) is 0 Å². The minimum atomic E-state index is -0.0993. The molecule has 0 atom stereocenters. The highest BCUT2D eigenvalue weighted by Gasteiger charge is 2.18. The van der Waals surface area contributed by atoms with Gasteiger partial charge < -0.3 is 4.74 Å². The number of aromatic amines is 1. The zero-order chi connectivity index (χ0) is 18.2. The lowest BCUT2D eigenvalue weighted by atomic mass is 10.0. The average molecular weight is 360 g/mol. The van der Waals surface area contributed by atoms with Gasteiger partial charge in [-0.3, -0.25) is 14.5 Å². The van der Waals surface area contributed by atoms with E-state index in [0.717, 1.165) is 53.6 Å². The van der Waals surface area contributed by atoms with Crippen LogP contribution in [0.25, 0.3) is 33.2 Å². The maximum absolute atomic E-state index is 12.5. The molecule has 6 heteroatoms. The second-order valence-corrected chi connectivity index (χ2v) is 7.10. The molecule has 5 rings (SSSR count). The summed E-state index contributed by atoms with van der Waals surface area (Å²) in [4.78, 5) is 24.4. The minimum Gasteiger partial charge on any atom is -0.381 e. The highest BCUT2D eigenvalue weighted by molar-refractivity contribution is 5.85. The van der Waals surface area contributed by atoms with Crippen molar-refractivity contribution in [1.29, 1.82) is 0 Å². The number of H-pyrrole nitrogens is 1. The molecule has 1 aliphatic heterocycles. The van der Waals surface area contributed by atoms with E-state index >= 15 is 0 Å². The number of hydrogen-bond acceptors (Lipinski definition) is 4. The zero-order valence-corrected chi connectivity index (χ0v) is 14.9. The average Bonchev–Trinajstić information content (AvgIpc) is 3.03. The van der Waals surface area contributed by atoms with Crippen molar-refractivity contribution >= 4 is 22.1 Å². The number of para-hydroxylation sites is 1. The summed E-state index contributed by atoms with van der Waals surface area (Å²) in [6, 6.07) is 12.2. The van der Waals surface area contributed by atoms with Crippen molar-refractivity contribution in [2.75, 3.05) is 13.2 Å². The molecule has 0 aliphatic carbocycles. The number of ether oxygens (including phenoxy) is 1. The van der Waals surface area contributed by atoms with Crippen molar-refractivity contribution in [1.82, 2.24) is 19.5 Å². The topological polar surface area (TPSA) is 72.8 Å². The third-order valence-corrected chi connectivity index (χ3v) is 5.33. The van der Waals surface area contributed by atoms with Crippen molar-refractivity contribution in [2.45, 2.75) is 19.4 Å². The van der Waals surface area contributed by atoms with E-state index in [2.05, 4.69) is 27.1 Å². The Bertz CT molecular complexity index is 1170. The molecule has 0 unspecified atom stereocenters. The lowest BCUT2D eigenvalue weighted by Gasteiger charge is -2.22. The number of hydrogen-bond donors (Lipinski definition) is 1. The van der Waals surface area contributed by atoms with Gasteiger partial charge >= 0.3 is 5.69 Å². The van der Waals surface area contributed by atoms with Gasteiger partial charge in [-0.1, -0.05) is 18.2 Å². The van der Waals surface area contributed by atoms with Gasteiger partial charge in [0, 0.05) is 48.7 Å². The second kappa shape index (κ2) is 6.63. The summed E-state index contributed by atoms with van der Waals surface area (Å²) >= 11 is 0. The van der Waals surface area contributed by atoms with Gasteiger partial charge in [0.15, 0.2) is 5.65 Å². The van der Waals surface area contributed by atoms with E-state index in [4.69, 9.17) is 4.74 Å². The van der Waals surface area contributed by atoms with Crippen molar-refractivity contribution in [3.63, 3.8) is 0 Å². The van der Waals surface area contributed by atoms with Gasteiger partial charge in [-0.2, -0.15) is 0 Å². The van der Waals surface area contributed by atoms with E-state index in [1.54, 1.807) is 6.20 Å². The quantitative estimate of drug-likeness (QED) is 0.608. The summed E-state index contributed by atoms with van der Waals surface area (Å²) < 4.78 is 7.25. The lowest BCUT2D eigenvalue weighted by molar-refractivity contribution is 0.0613. The predicted octanol–water partition coefficient (Wildman–Crippen LogP) is 3.37. The first-order valence-electron chi connectivity index (χ1n) is 9.29. The van der Waals surface area contributed by atoms with Crippen LogP contribution in [-0.2, 0) is 11.3 Å². The van der Waals surface area contributed by atoms with Crippen molar-refractivity contribution in [3.05, 3.63) is 59.3 Å². The Morgan fingerprint density at radius 3 is 2.74 bits per heavy atom. The van der Waals surface area contributed by atoms with E-state index in [1.165, 1.54) is 0 Å². The molecule has 1 aliphatic rings. The highest BCUT2D eigenvalue weighted by Crippen LogP contribution is 2.25. The molecule has 27 heavy (non-hydrogen) atoms. The number of nitrogens with zero attached hydrogens (tertiary/aromatic N) is 3. The van der Waals surface area contributed by atoms with Crippen LogP contribution in [0.1, 0.15) is 12.8 Å². The number of fused-ring (bicyclic) bond motifs is 2. The van der Waals surface area contributed by atoms with Crippen LogP contribution in [0.4, 0.5) is 0 Å². The number of imidazole rings is 1. The first-order chi connectivity index (χ1) is 13.3. The van der Waals surface area contributed by atoms with Gasteiger partial charge in [0.2, 0.25) is 0 Å². The van der Waals surface area contributed by atoms with E-state index in [-0.39, 0.29) is 5.69 Å². The van der Waals surface area contributed by atoms with Crippen LogP contribution in [0, 0.1) is 5.92 Å². The second-order valence-electron chi connectivity index (χ2n) is 7.10. The molecule has 1 fully saturated rings. The standard InChI is InChI=1S/C21H20N4O2/c26-21-24-20-19(25(21)13-14-5-7-27-8-6-14)10-17(12-23-20)16-9-15-3-1-2-4-18(15)22-11-16/h1-4,9-12,14H,5-8,13H2,(H,23,24,26). The third kappa shape index (κ3) is 3.02. The molecular formula is C21H20N4O2. The largest absolute Gasteiger partial charge is 0.381 e. The van der Waals surface area contributed by atoms with Crippen molar-refractivity contribution in [2.24, 2.45) is 5.92 Å². The van der Waals surface area contributed by atoms with E-state index < -0.39 is 0 Å². The normalized spacial score (nSPS) is 15.6. The molecule has 3 aromatic heterocycles. The molecule has 4 aromatic rings. The summed E-state index contributed by atoms with van der Waals surface area (Å²) in [7, 11) is 0. The summed E-state index contributed by atoms with van der Waals surface area (Å²) in [5.41, 5.74) is 4.29. The van der Waals surface area contributed by atoms with Gasteiger partial charge in [-0.05, 0) is 37.0 Å². The van der Waals surface area contributed by atoms with Crippen LogP contribution >= 0.6 is 0 Å². The number of aromatic nitrogens is 4. The Hall–Kier alpha value is -2.99. The number of pyridine rings is 2.